The highest BCUT2D eigenvalue weighted by Crippen LogP contribution is 2.34. The summed E-state index contributed by atoms with van der Waals surface area (Å²) in [6, 6.07) is 0. The van der Waals surface area contributed by atoms with Crippen molar-refractivity contribution in [3.63, 3.8) is 0 Å². The topological polar surface area (TPSA) is 55.0 Å². The van der Waals surface area contributed by atoms with Gasteiger partial charge >= 0.3 is 0 Å². The zero-order valence-corrected chi connectivity index (χ0v) is 12.1. The van der Waals surface area contributed by atoms with Gasteiger partial charge in [-0.2, -0.15) is 0 Å². The molecule has 0 bridgehead atoms. The van der Waals surface area contributed by atoms with Crippen LogP contribution >= 0.6 is 0 Å². The Hall–Kier alpha value is -1.32. The van der Waals surface area contributed by atoms with Gasteiger partial charge in [-0.25, -0.2) is 9.97 Å². The molecule has 0 amide bonds. The van der Waals surface area contributed by atoms with Crippen LogP contribution in [0.5, 0.6) is 0 Å². The lowest BCUT2D eigenvalue weighted by atomic mass is 9.93. The molecule has 2 heterocycles. The van der Waals surface area contributed by atoms with Gasteiger partial charge in [-0.05, 0) is 18.8 Å². The summed E-state index contributed by atoms with van der Waals surface area (Å²) in [5.41, 5.74) is 7.39. The van der Waals surface area contributed by atoms with Crippen molar-refractivity contribution in [1.29, 1.82) is 0 Å². The first-order valence-electron chi connectivity index (χ1n) is 6.69. The van der Waals surface area contributed by atoms with Gasteiger partial charge in [0, 0.05) is 24.6 Å². The molecule has 1 aromatic rings. The Morgan fingerprint density at radius 1 is 1.28 bits per heavy atom. The van der Waals surface area contributed by atoms with Crippen LogP contribution in [0, 0.1) is 12.3 Å². The molecule has 1 aliphatic heterocycles. The minimum atomic E-state index is 0.308. The molecule has 1 aliphatic rings. The van der Waals surface area contributed by atoms with Gasteiger partial charge in [0.25, 0.3) is 0 Å². The average molecular weight is 248 g/mol. The van der Waals surface area contributed by atoms with Crippen LogP contribution in [0.4, 0.5) is 11.6 Å². The first-order valence-corrected chi connectivity index (χ1v) is 6.69. The van der Waals surface area contributed by atoms with Gasteiger partial charge in [0.15, 0.2) is 0 Å². The van der Waals surface area contributed by atoms with E-state index in [2.05, 4.69) is 37.6 Å². The van der Waals surface area contributed by atoms with E-state index in [9.17, 15) is 0 Å². The molecule has 0 aliphatic carbocycles. The summed E-state index contributed by atoms with van der Waals surface area (Å²) in [7, 11) is 0. The molecule has 0 radical (unpaired) electrons. The first-order chi connectivity index (χ1) is 8.30. The van der Waals surface area contributed by atoms with E-state index in [1.54, 1.807) is 0 Å². The number of nitrogen functional groups attached to an aromatic ring is 1. The molecule has 0 atom stereocenters. The maximum absolute atomic E-state index is 6.02. The first kappa shape index (κ1) is 13.1. The van der Waals surface area contributed by atoms with Crippen molar-refractivity contribution in [3.8, 4) is 0 Å². The molecule has 0 unspecified atom stereocenters. The highest BCUT2D eigenvalue weighted by atomic mass is 15.2. The third-order valence-electron chi connectivity index (χ3n) is 3.67. The van der Waals surface area contributed by atoms with E-state index in [1.807, 2.05) is 6.92 Å². The predicted octanol–water partition coefficient (Wildman–Crippen LogP) is 2.73. The van der Waals surface area contributed by atoms with Gasteiger partial charge < -0.3 is 10.6 Å². The Morgan fingerprint density at radius 2 is 1.94 bits per heavy atom. The molecule has 1 aromatic heterocycles. The quantitative estimate of drug-likeness (QED) is 0.874. The number of aromatic nitrogens is 2. The Labute approximate surface area is 110 Å². The fourth-order valence-electron chi connectivity index (χ4n) is 2.40. The van der Waals surface area contributed by atoms with Crippen LogP contribution in [-0.4, -0.2) is 23.1 Å². The van der Waals surface area contributed by atoms with Gasteiger partial charge in [-0.3, -0.25) is 0 Å². The molecule has 4 nitrogen and oxygen atoms in total. The third-order valence-corrected chi connectivity index (χ3v) is 3.67. The van der Waals surface area contributed by atoms with Crippen LogP contribution in [0.2, 0.25) is 0 Å². The molecular weight excluding hydrogens is 224 g/mol. The third kappa shape index (κ3) is 2.42. The summed E-state index contributed by atoms with van der Waals surface area (Å²) in [5.74, 6) is 2.80. The summed E-state index contributed by atoms with van der Waals surface area (Å²) < 4.78 is 0. The van der Waals surface area contributed by atoms with E-state index < -0.39 is 0 Å². The molecule has 0 saturated carbocycles. The second-order valence-corrected chi connectivity index (χ2v) is 6.41. The predicted molar refractivity (Wildman–Crippen MR) is 75.9 cm³/mol. The molecule has 1 fully saturated rings. The molecule has 2 N–H and O–H groups in total. The second-order valence-electron chi connectivity index (χ2n) is 6.41. The Kier molecular flexibility index (Phi) is 3.21. The highest BCUT2D eigenvalue weighted by molar-refractivity contribution is 5.57. The molecule has 0 spiro atoms. The largest absolute Gasteiger partial charge is 0.383 e. The van der Waals surface area contributed by atoms with Crippen molar-refractivity contribution in [3.05, 3.63) is 11.4 Å². The second kappa shape index (κ2) is 4.41. The van der Waals surface area contributed by atoms with Gasteiger partial charge in [-0.1, -0.05) is 27.7 Å². The van der Waals surface area contributed by atoms with Crippen molar-refractivity contribution >= 4 is 11.6 Å². The Balaban J connectivity index is 2.38. The number of rotatable bonds is 2. The SMILES string of the molecule is Cc1c(N)nc(C(C)C)nc1N1CCC(C)(C)C1. The van der Waals surface area contributed by atoms with Crippen molar-refractivity contribution < 1.29 is 0 Å². The number of nitrogens with zero attached hydrogens (tertiary/aromatic N) is 3. The smallest absolute Gasteiger partial charge is 0.137 e. The zero-order chi connectivity index (χ0) is 13.5. The monoisotopic (exact) mass is 248 g/mol. The van der Waals surface area contributed by atoms with E-state index in [0.717, 1.165) is 30.3 Å². The summed E-state index contributed by atoms with van der Waals surface area (Å²) in [6.07, 6.45) is 1.20. The van der Waals surface area contributed by atoms with Crippen LogP contribution in [0.1, 0.15) is 51.4 Å². The minimum absolute atomic E-state index is 0.308. The van der Waals surface area contributed by atoms with Gasteiger partial charge in [-0.15, -0.1) is 0 Å². The Morgan fingerprint density at radius 3 is 2.44 bits per heavy atom. The molecule has 100 valence electrons. The zero-order valence-electron chi connectivity index (χ0n) is 12.1. The van der Waals surface area contributed by atoms with E-state index in [1.165, 1.54) is 6.42 Å². The van der Waals surface area contributed by atoms with E-state index in [0.29, 0.717) is 17.2 Å². The Bertz CT molecular complexity index is 451. The normalized spacial score (nSPS) is 18.7. The van der Waals surface area contributed by atoms with E-state index in [4.69, 9.17) is 10.7 Å². The molecule has 2 rings (SSSR count). The van der Waals surface area contributed by atoms with Crippen molar-refractivity contribution in [2.24, 2.45) is 5.41 Å². The van der Waals surface area contributed by atoms with Gasteiger partial charge in [0.05, 0.1) is 0 Å². The van der Waals surface area contributed by atoms with E-state index in [-0.39, 0.29) is 0 Å². The van der Waals surface area contributed by atoms with Crippen molar-refractivity contribution in [1.82, 2.24) is 9.97 Å². The van der Waals surface area contributed by atoms with Crippen molar-refractivity contribution in [2.45, 2.75) is 47.0 Å². The lowest BCUT2D eigenvalue weighted by Crippen LogP contribution is -2.25. The standard InChI is InChI=1S/C14H24N4/c1-9(2)12-16-11(15)10(3)13(17-12)18-7-6-14(4,5)8-18/h9H,6-8H2,1-5H3,(H2,15,16,17). The fraction of sp³-hybridized carbons (Fsp3) is 0.714. The molecule has 4 heteroatoms. The van der Waals surface area contributed by atoms with E-state index >= 15 is 0 Å². The van der Waals surface area contributed by atoms with Crippen LogP contribution in [0.15, 0.2) is 0 Å². The van der Waals surface area contributed by atoms with Crippen molar-refractivity contribution in [2.75, 3.05) is 23.7 Å². The highest BCUT2D eigenvalue weighted by Gasteiger charge is 2.31. The minimum Gasteiger partial charge on any atom is -0.383 e. The lowest BCUT2D eigenvalue weighted by molar-refractivity contribution is 0.418. The molecule has 0 aromatic carbocycles. The van der Waals surface area contributed by atoms with Crippen LogP contribution < -0.4 is 10.6 Å². The van der Waals surface area contributed by atoms with Crippen LogP contribution in [0.25, 0.3) is 0 Å². The van der Waals surface area contributed by atoms with Crippen LogP contribution in [0.3, 0.4) is 0 Å². The summed E-state index contributed by atoms with van der Waals surface area (Å²) in [6.45, 7) is 12.9. The number of nitrogens with two attached hydrogens (primary N) is 1. The molecule has 18 heavy (non-hydrogen) atoms. The van der Waals surface area contributed by atoms with Gasteiger partial charge in [0.2, 0.25) is 0 Å². The molecular formula is C14H24N4. The number of hydrogen-bond donors (Lipinski definition) is 1. The average Bonchev–Trinajstić information content (AvgIpc) is 2.62. The summed E-state index contributed by atoms with van der Waals surface area (Å²) >= 11 is 0. The van der Waals surface area contributed by atoms with Crippen LogP contribution in [-0.2, 0) is 0 Å². The van der Waals surface area contributed by atoms with Gasteiger partial charge in [0.1, 0.15) is 17.5 Å². The number of hydrogen-bond acceptors (Lipinski definition) is 4. The lowest BCUT2D eigenvalue weighted by Gasteiger charge is -2.23. The maximum atomic E-state index is 6.02. The number of anilines is 2. The maximum Gasteiger partial charge on any atom is 0.137 e. The summed E-state index contributed by atoms with van der Waals surface area (Å²) in [5, 5.41) is 0. The summed E-state index contributed by atoms with van der Waals surface area (Å²) in [4.78, 5) is 11.4. The fourth-order valence-corrected chi connectivity index (χ4v) is 2.40. The molecule has 1 saturated heterocycles.